The van der Waals surface area contributed by atoms with Crippen molar-refractivity contribution >= 4 is 17.0 Å². The highest BCUT2D eigenvalue weighted by molar-refractivity contribution is 5.78. The number of benzene rings is 1. The van der Waals surface area contributed by atoms with Gasteiger partial charge in [0.1, 0.15) is 12.2 Å². The first-order chi connectivity index (χ1) is 20.5. The zero-order valence-electron chi connectivity index (χ0n) is 24.4. The van der Waals surface area contributed by atoms with Crippen LogP contribution in [0, 0.1) is 17.8 Å². The summed E-state index contributed by atoms with van der Waals surface area (Å²) in [4.78, 5) is 46.0. The van der Waals surface area contributed by atoms with Gasteiger partial charge in [-0.3, -0.25) is 19.3 Å². The lowest BCUT2D eigenvalue weighted by Crippen LogP contribution is -2.57. The Morgan fingerprint density at radius 1 is 0.881 bits per heavy atom. The number of hydrogen-bond acceptors (Lipinski definition) is 5. The van der Waals surface area contributed by atoms with E-state index in [4.69, 9.17) is 10.1 Å². The lowest BCUT2D eigenvalue weighted by molar-refractivity contribution is -0.137. The second-order valence-corrected chi connectivity index (χ2v) is 13.4. The van der Waals surface area contributed by atoms with Gasteiger partial charge in [-0.2, -0.15) is 0 Å². The van der Waals surface area contributed by atoms with E-state index in [9.17, 15) is 14.4 Å². The van der Waals surface area contributed by atoms with Crippen molar-refractivity contribution in [1.82, 2.24) is 19.0 Å². The number of para-hydroxylation sites is 2. The van der Waals surface area contributed by atoms with Crippen molar-refractivity contribution in [2.75, 3.05) is 6.54 Å². The number of aliphatic carboxylic acids is 1. The quantitative estimate of drug-likeness (QED) is 0.437. The average Bonchev–Trinajstić information content (AvgIpc) is 2.94. The molecule has 4 saturated carbocycles. The molecule has 8 nitrogen and oxygen atoms in total. The largest absolute Gasteiger partial charge is 0.480 e. The second-order valence-electron chi connectivity index (χ2n) is 13.4. The molecule has 4 aliphatic carbocycles. The summed E-state index contributed by atoms with van der Waals surface area (Å²) in [6.07, 6.45) is 16.9. The smallest absolute Gasteiger partial charge is 0.323 e. The first-order valence-electron chi connectivity index (χ1n) is 16.2. The highest BCUT2D eigenvalue weighted by Gasteiger charge is 2.45. The van der Waals surface area contributed by atoms with Crippen molar-refractivity contribution in [2.24, 2.45) is 17.8 Å². The Morgan fingerprint density at radius 3 is 2.50 bits per heavy atom. The van der Waals surface area contributed by atoms with Crippen LogP contribution in [0.2, 0.25) is 0 Å². The van der Waals surface area contributed by atoms with Gasteiger partial charge in [0, 0.05) is 42.5 Å². The van der Waals surface area contributed by atoms with Gasteiger partial charge < -0.3 is 14.2 Å². The standard InChI is InChI=1S/C34H42N4O4/c39-31-18-24(15-16-36(31)21-32(40)41)33-34(42)38(28-12-6-5-11-27(28)35-33)30-19-26-10-4-3-9-25(30)20-37(26)29-17-22-7-1-2-8-23(29)14-13-22/h5-6,11-12,15-16,18,22-23,25-26,29-30H,1-4,7-10,13-14,17,19-21H2,(H,40,41). The number of rotatable bonds is 5. The minimum Gasteiger partial charge on any atom is -0.480 e. The molecule has 2 aliphatic heterocycles. The van der Waals surface area contributed by atoms with E-state index in [-0.39, 0.29) is 17.3 Å². The van der Waals surface area contributed by atoms with Crippen LogP contribution < -0.4 is 11.1 Å². The van der Waals surface area contributed by atoms with E-state index >= 15 is 0 Å². The maximum absolute atomic E-state index is 14.4. The highest BCUT2D eigenvalue weighted by atomic mass is 16.4. The molecule has 2 aromatic heterocycles. The fourth-order valence-corrected chi connectivity index (χ4v) is 8.97. The van der Waals surface area contributed by atoms with E-state index in [0.717, 1.165) is 46.8 Å². The van der Waals surface area contributed by atoms with Gasteiger partial charge in [0.15, 0.2) is 0 Å². The molecule has 0 spiro atoms. The summed E-state index contributed by atoms with van der Waals surface area (Å²) in [5, 5.41) is 9.15. The van der Waals surface area contributed by atoms with Crippen molar-refractivity contribution in [3.8, 4) is 11.3 Å². The van der Waals surface area contributed by atoms with Crippen molar-refractivity contribution < 1.29 is 9.90 Å². The highest BCUT2D eigenvalue weighted by Crippen LogP contribution is 2.46. The van der Waals surface area contributed by atoms with E-state index in [0.29, 0.717) is 23.6 Å². The molecule has 0 amide bonds. The Hall–Kier alpha value is -3.26. The minimum atomic E-state index is -1.09. The first kappa shape index (κ1) is 27.6. The molecule has 222 valence electrons. The Bertz CT molecular complexity index is 1590. The zero-order valence-corrected chi connectivity index (χ0v) is 24.4. The van der Waals surface area contributed by atoms with Gasteiger partial charge in [-0.1, -0.05) is 50.7 Å². The van der Waals surface area contributed by atoms with Crippen LogP contribution in [-0.2, 0) is 11.3 Å². The third-order valence-corrected chi connectivity index (χ3v) is 11.0. The SMILES string of the molecule is O=C(O)Cn1ccc(-c2nc3ccccc3n(C3CC4CCCCC3CN4C3CC4CCCCC3CC4)c2=O)cc1=O. The first-order valence-corrected chi connectivity index (χ1v) is 16.2. The summed E-state index contributed by atoms with van der Waals surface area (Å²) in [6, 6.07) is 12.1. The normalized spacial score (nSPS) is 30.0. The third kappa shape index (κ3) is 5.12. The zero-order chi connectivity index (χ0) is 28.8. The molecule has 6 unspecified atom stereocenters. The molecule has 0 radical (unpaired) electrons. The molecule has 6 aliphatic rings. The van der Waals surface area contributed by atoms with Crippen molar-refractivity contribution in [1.29, 1.82) is 0 Å². The molecule has 4 bridgehead atoms. The molecule has 1 aromatic carbocycles. The summed E-state index contributed by atoms with van der Waals surface area (Å²) >= 11 is 0. The van der Waals surface area contributed by atoms with Gasteiger partial charge in [0.05, 0.1) is 11.0 Å². The van der Waals surface area contributed by atoms with Gasteiger partial charge in [0.25, 0.3) is 11.1 Å². The third-order valence-electron chi connectivity index (χ3n) is 11.0. The number of nitrogens with zero attached hydrogens (tertiary/aromatic N) is 4. The maximum atomic E-state index is 14.4. The van der Waals surface area contributed by atoms with Crippen LogP contribution in [0.1, 0.15) is 83.1 Å². The van der Waals surface area contributed by atoms with Crippen LogP contribution in [0.5, 0.6) is 0 Å². The Kier molecular flexibility index (Phi) is 7.51. The molecule has 9 rings (SSSR count). The number of carboxylic acid groups (broad SMARTS) is 1. The molecular formula is C34H42N4O4. The van der Waals surface area contributed by atoms with E-state index in [1.54, 1.807) is 6.07 Å². The molecule has 3 aromatic rings. The molecule has 6 fully saturated rings. The predicted octanol–water partition coefficient (Wildman–Crippen LogP) is 5.47. The summed E-state index contributed by atoms with van der Waals surface area (Å²) in [6.45, 7) is 0.644. The Balaban J connectivity index is 1.28. The molecule has 8 heteroatoms. The Labute approximate surface area is 246 Å². The van der Waals surface area contributed by atoms with Crippen molar-refractivity contribution in [3.63, 3.8) is 0 Å². The van der Waals surface area contributed by atoms with Gasteiger partial charge in [-0.15, -0.1) is 0 Å². The molecule has 4 heterocycles. The van der Waals surface area contributed by atoms with Crippen LogP contribution in [-0.4, -0.2) is 48.7 Å². The molecular weight excluding hydrogens is 528 g/mol. The fraction of sp³-hybridized carbons (Fsp3) is 0.588. The lowest BCUT2D eigenvalue weighted by Gasteiger charge is -2.54. The number of fused-ring (bicyclic) bond motifs is 12. The number of hydrogen-bond donors (Lipinski definition) is 1. The van der Waals surface area contributed by atoms with E-state index in [1.807, 2.05) is 28.8 Å². The monoisotopic (exact) mass is 570 g/mol. The predicted molar refractivity (Wildman–Crippen MR) is 163 cm³/mol. The summed E-state index contributed by atoms with van der Waals surface area (Å²) in [5.41, 5.74) is 1.70. The molecule has 42 heavy (non-hydrogen) atoms. The lowest BCUT2D eigenvalue weighted by atomic mass is 9.69. The topological polar surface area (TPSA) is 97.4 Å². The number of aromatic nitrogens is 3. The molecule has 2 saturated heterocycles. The number of pyridine rings is 1. The van der Waals surface area contributed by atoms with Crippen LogP contribution in [0.15, 0.2) is 52.2 Å². The van der Waals surface area contributed by atoms with Crippen molar-refractivity contribution in [3.05, 3.63) is 63.3 Å². The van der Waals surface area contributed by atoms with Gasteiger partial charge in [-0.05, 0) is 74.5 Å². The van der Waals surface area contributed by atoms with Gasteiger partial charge in [-0.25, -0.2) is 4.98 Å². The van der Waals surface area contributed by atoms with Crippen LogP contribution in [0.3, 0.4) is 0 Å². The van der Waals surface area contributed by atoms with E-state index < -0.39 is 18.1 Å². The minimum absolute atomic E-state index is 0.0869. The molecule has 1 N–H and O–H groups in total. The van der Waals surface area contributed by atoms with Crippen LogP contribution >= 0.6 is 0 Å². The fourth-order valence-electron chi connectivity index (χ4n) is 8.97. The number of carbonyl (C=O) groups is 1. The van der Waals surface area contributed by atoms with Crippen molar-refractivity contribution in [2.45, 2.75) is 102 Å². The maximum Gasteiger partial charge on any atom is 0.323 e. The van der Waals surface area contributed by atoms with Gasteiger partial charge in [0.2, 0.25) is 0 Å². The summed E-state index contributed by atoms with van der Waals surface area (Å²) in [7, 11) is 0. The Morgan fingerprint density at radius 2 is 1.67 bits per heavy atom. The van der Waals surface area contributed by atoms with Gasteiger partial charge >= 0.3 is 5.97 Å². The van der Waals surface area contributed by atoms with E-state index in [2.05, 4.69) is 4.90 Å². The van der Waals surface area contributed by atoms with Crippen LogP contribution in [0.4, 0.5) is 0 Å². The summed E-state index contributed by atoms with van der Waals surface area (Å²) in [5.74, 6) is 1.01. The van der Waals surface area contributed by atoms with E-state index in [1.165, 1.54) is 76.5 Å². The summed E-state index contributed by atoms with van der Waals surface area (Å²) < 4.78 is 3.15. The second kappa shape index (κ2) is 11.4. The number of piperidine rings is 1. The molecule has 6 atom stereocenters. The average molecular weight is 571 g/mol. The van der Waals surface area contributed by atoms with Crippen LogP contribution in [0.25, 0.3) is 22.3 Å². The number of carboxylic acids is 1.